The fourth-order valence-corrected chi connectivity index (χ4v) is 3.98. The van der Waals surface area contributed by atoms with Crippen LogP contribution < -0.4 is 19.5 Å². The largest absolute Gasteiger partial charge is 0.493 e. The molecule has 0 spiro atoms. The van der Waals surface area contributed by atoms with Gasteiger partial charge in [-0.1, -0.05) is 36.2 Å². The van der Waals surface area contributed by atoms with Gasteiger partial charge in [0.15, 0.2) is 11.5 Å². The number of carbonyl (C=O) groups excluding carboxylic acids is 1. The monoisotopic (exact) mass is 412 g/mol. The summed E-state index contributed by atoms with van der Waals surface area (Å²) >= 11 is 0. The molecule has 6 heteroatoms. The van der Waals surface area contributed by atoms with E-state index < -0.39 is 0 Å². The van der Waals surface area contributed by atoms with E-state index in [1.165, 1.54) is 30.4 Å². The number of likely N-dealkylation sites (tertiary alicyclic amines) is 1. The summed E-state index contributed by atoms with van der Waals surface area (Å²) < 4.78 is 16.1. The van der Waals surface area contributed by atoms with Crippen molar-refractivity contribution in [1.82, 2.24) is 10.2 Å². The average Bonchev–Trinajstić information content (AvgIpc) is 2.79. The van der Waals surface area contributed by atoms with Gasteiger partial charge >= 0.3 is 0 Å². The van der Waals surface area contributed by atoms with Gasteiger partial charge in [0.25, 0.3) is 5.91 Å². The van der Waals surface area contributed by atoms with Crippen molar-refractivity contribution in [3.8, 4) is 17.2 Å². The third-order valence-electron chi connectivity index (χ3n) is 5.68. The smallest absolute Gasteiger partial charge is 0.251 e. The number of hydrogen-bond donors (Lipinski definition) is 1. The molecule has 0 radical (unpaired) electrons. The van der Waals surface area contributed by atoms with E-state index in [1.54, 1.807) is 33.5 Å². The maximum atomic E-state index is 13.0. The fraction of sp³-hybridized carbons (Fsp3) is 0.458. The van der Waals surface area contributed by atoms with Crippen molar-refractivity contribution in [1.29, 1.82) is 0 Å². The zero-order valence-electron chi connectivity index (χ0n) is 18.4. The van der Waals surface area contributed by atoms with Crippen LogP contribution in [-0.4, -0.2) is 51.8 Å². The van der Waals surface area contributed by atoms with Crippen LogP contribution in [0.25, 0.3) is 0 Å². The number of methoxy groups -OCH3 is 3. The SMILES string of the molecule is COc1cc(C(=O)NC[C@H](c2ccc(C)cc2)N2CCCCC2)cc(OC)c1OC. The summed E-state index contributed by atoms with van der Waals surface area (Å²) in [6, 6.07) is 12.1. The first-order valence-electron chi connectivity index (χ1n) is 10.5. The van der Waals surface area contributed by atoms with Crippen molar-refractivity contribution >= 4 is 5.91 Å². The van der Waals surface area contributed by atoms with E-state index in [2.05, 4.69) is 41.4 Å². The van der Waals surface area contributed by atoms with Gasteiger partial charge in [0.1, 0.15) is 0 Å². The van der Waals surface area contributed by atoms with Crippen LogP contribution >= 0.6 is 0 Å². The molecule has 1 aliphatic heterocycles. The van der Waals surface area contributed by atoms with Crippen LogP contribution in [0.3, 0.4) is 0 Å². The van der Waals surface area contributed by atoms with Crippen LogP contribution in [0.15, 0.2) is 36.4 Å². The Kier molecular flexibility index (Phi) is 7.57. The van der Waals surface area contributed by atoms with Gasteiger partial charge in [0, 0.05) is 12.1 Å². The van der Waals surface area contributed by atoms with Crippen molar-refractivity contribution in [2.75, 3.05) is 41.0 Å². The molecule has 6 nitrogen and oxygen atoms in total. The second-order valence-corrected chi connectivity index (χ2v) is 7.65. The van der Waals surface area contributed by atoms with Crippen LogP contribution in [0.4, 0.5) is 0 Å². The van der Waals surface area contributed by atoms with E-state index in [0.717, 1.165) is 13.1 Å². The second-order valence-electron chi connectivity index (χ2n) is 7.65. The van der Waals surface area contributed by atoms with Crippen LogP contribution in [0.5, 0.6) is 17.2 Å². The van der Waals surface area contributed by atoms with E-state index in [0.29, 0.717) is 29.4 Å². The Morgan fingerprint density at radius 1 is 0.967 bits per heavy atom. The van der Waals surface area contributed by atoms with E-state index in [9.17, 15) is 4.79 Å². The van der Waals surface area contributed by atoms with Crippen LogP contribution in [0.1, 0.15) is 46.8 Å². The molecular weight excluding hydrogens is 380 g/mol. The minimum atomic E-state index is -0.164. The van der Waals surface area contributed by atoms with Crippen LogP contribution in [0, 0.1) is 6.92 Å². The summed E-state index contributed by atoms with van der Waals surface area (Å²) in [6.45, 7) is 4.74. The number of carbonyl (C=O) groups is 1. The van der Waals surface area contributed by atoms with Gasteiger partial charge in [-0.25, -0.2) is 0 Å². The van der Waals surface area contributed by atoms with Crippen LogP contribution in [-0.2, 0) is 0 Å². The highest BCUT2D eigenvalue weighted by Gasteiger charge is 2.24. The lowest BCUT2D eigenvalue weighted by molar-refractivity contribution is 0.0923. The molecule has 162 valence electrons. The maximum absolute atomic E-state index is 13.0. The van der Waals surface area contributed by atoms with Crippen molar-refractivity contribution in [2.24, 2.45) is 0 Å². The fourth-order valence-electron chi connectivity index (χ4n) is 3.98. The molecule has 3 rings (SSSR count). The number of hydrogen-bond acceptors (Lipinski definition) is 5. The third kappa shape index (κ3) is 5.05. The van der Waals surface area contributed by atoms with Gasteiger partial charge in [0.05, 0.1) is 27.4 Å². The van der Waals surface area contributed by atoms with Crippen LogP contribution in [0.2, 0.25) is 0 Å². The maximum Gasteiger partial charge on any atom is 0.251 e. The molecule has 30 heavy (non-hydrogen) atoms. The van der Waals surface area contributed by atoms with Crippen molar-refractivity contribution in [3.63, 3.8) is 0 Å². The van der Waals surface area contributed by atoms with Gasteiger partial charge in [-0.15, -0.1) is 0 Å². The molecule has 2 aromatic rings. The number of ether oxygens (including phenoxy) is 3. The zero-order chi connectivity index (χ0) is 21.5. The molecular formula is C24H32N2O4. The minimum absolute atomic E-state index is 0.150. The predicted molar refractivity (Wildman–Crippen MR) is 118 cm³/mol. The summed E-state index contributed by atoms with van der Waals surface area (Å²) in [5.74, 6) is 1.24. The summed E-state index contributed by atoms with van der Waals surface area (Å²) in [7, 11) is 4.64. The summed E-state index contributed by atoms with van der Waals surface area (Å²) in [6.07, 6.45) is 3.67. The highest BCUT2D eigenvalue weighted by molar-refractivity contribution is 5.95. The Labute approximate surface area is 179 Å². The number of aryl methyl sites for hydroxylation is 1. The van der Waals surface area contributed by atoms with E-state index in [4.69, 9.17) is 14.2 Å². The number of piperidine rings is 1. The topological polar surface area (TPSA) is 60.0 Å². The molecule has 1 amide bonds. The highest BCUT2D eigenvalue weighted by Crippen LogP contribution is 2.38. The summed E-state index contributed by atoms with van der Waals surface area (Å²) in [4.78, 5) is 15.4. The van der Waals surface area contributed by atoms with Gasteiger partial charge in [0.2, 0.25) is 5.75 Å². The van der Waals surface area contributed by atoms with Gasteiger partial charge in [-0.3, -0.25) is 9.69 Å². The number of benzene rings is 2. The summed E-state index contributed by atoms with van der Waals surface area (Å²) in [5.41, 5.74) is 2.94. The Morgan fingerprint density at radius 2 is 1.57 bits per heavy atom. The van der Waals surface area contributed by atoms with Gasteiger partial charge < -0.3 is 19.5 Å². The average molecular weight is 413 g/mol. The summed E-state index contributed by atoms with van der Waals surface area (Å²) in [5, 5.41) is 3.12. The standard InChI is InChI=1S/C24H32N2O4/c1-17-8-10-18(11-9-17)20(26-12-6-5-7-13-26)16-25-24(27)19-14-21(28-2)23(30-4)22(15-19)29-3/h8-11,14-15,20H,5-7,12-13,16H2,1-4H3,(H,25,27)/t20-/m1/s1. The van der Waals surface area contributed by atoms with Crippen molar-refractivity contribution in [2.45, 2.75) is 32.2 Å². The first-order valence-corrected chi connectivity index (χ1v) is 10.5. The number of amides is 1. The Bertz CT molecular complexity index is 820. The molecule has 1 aliphatic rings. The lowest BCUT2D eigenvalue weighted by atomic mass is 10.0. The number of nitrogens with zero attached hydrogens (tertiary/aromatic N) is 1. The quantitative estimate of drug-likeness (QED) is 0.711. The Hall–Kier alpha value is -2.73. The highest BCUT2D eigenvalue weighted by atomic mass is 16.5. The van der Waals surface area contributed by atoms with Crippen molar-refractivity contribution < 1.29 is 19.0 Å². The zero-order valence-corrected chi connectivity index (χ0v) is 18.4. The van der Waals surface area contributed by atoms with Crippen molar-refractivity contribution in [3.05, 3.63) is 53.1 Å². The molecule has 0 aliphatic carbocycles. The number of nitrogens with one attached hydrogen (secondary N) is 1. The van der Waals surface area contributed by atoms with E-state index in [-0.39, 0.29) is 11.9 Å². The predicted octanol–water partition coefficient (Wildman–Crippen LogP) is 3.98. The van der Waals surface area contributed by atoms with E-state index >= 15 is 0 Å². The molecule has 0 unspecified atom stereocenters. The Balaban J connectivity index is 1.79. The third-order valence-corrected chi connectivity index (χ3v) is 5.68. The first-order chi connectivity index (χ1) is 14.6. The molecule has 2 aromatic carbocycles. The van der Waals surface area contributed by atoms with E-state index in [1.807, 2.05) is 0 Å². The molecule has 1 atom stereocenters. The lowest BCUT2D eigenvalue weighted by Crippen LogP contribution is -2.40. The Morgan fingerprint density at radius 3 is 2.10 bits per heavy atom. The normalized spacial score (nSPS) is 15.3. The lowest BCUT2D eigenvalue weighted by Gasteiger charge is -2.35. The van der Waals surface area contributed by atoms with Gasteiger partial charge in [-0.05, 0) is 50.6 Å². The molecule has 1 heterocycles. The molecule has 1 saturated heterocycles. The molecule has 1 fully saturated rings. The molecule has 1 N–H and O–H groups in total. The molecule has 0 saturated carbocycles. The number of rotatable bonds is 8. The van der Waals surface area contributed by atoms with Gasteiger partial charge in [-0.2, -0.15) is 0 Å². The second kappa shape index (κ2) is 10.3. The first kappa shape index (κ1) is 22.0. The minimum Gasteiger partial charge on any atom is -0.493 e. The molecule has 0 bridgehead atoms. The molecule has 0 aromatic heterocycles.